The average molecular weight is 276 g/mol. The molecular formula is C15H24N4O. The first-order valence-electron chi connectivity index (χ1n) is 7.06. The Bertz CT molecular complexity index is 510. The van der Waals surface area contributed by atoms with Crippen LogP contribution in [0.15, 0.2) is 18.0 Å². The normalized spacial score (nSPS) is 18.9. The lowest BCUT2D eigenvalue weighted by Crippen LogP contribution is -2.35. The first-order chi connectivity index (χ1) is 9.51. The van der Waals surface area contributed by atoms with E-state index in [1.54, 1.807) is 0 Å². The van der Waals surface area contributed by atoms with Gasteiger partial charge in [0.2, 0.25) is 0 Å². The van der Waals surface area contributed by atoms with Crippen LogP contribution in [0.2, 0.25) is 0 Å². The highest BCUT2D eigenvalue weighted by Crippen LogP contribution is 2.18. The molecule has 0 atom stereocenters. The Kier molecular flexibility index (Phi) is 4.62. The van der Waals surface area contributed by atoms with Crippen molar-refractivity contribution in [3.63, 3.8) is 0 Å². The topological polar surface area (TPSA) is 78.3 Å². The Balaban J connectivity index is 2.10. The fourth-order valence-electron chi connectivity index (χ4n) is 2.50. The van der Waals surface area contributed by atoms with Crippen LogP contribution in [0.5, 0.6) is 0 Å². The zero-order valence-electron chi connectivity index (χ0n) is 12.3. The molecule has 0 amide bonds. The Hall–Kier alpha value is -1.59. The third-order valence-electron chi connectivity index (χ3n) is 3.98. The van der Waals surface area contributed by atoms with E-state index in [9.17, 15) is 5.11 Å². The molecule has 20 heavy (non-hydrogen) atoms. The lowest BCUT2D eigenvalue weighted by atomic mass is 10.1. The summed E-state index contributed by atoms with van der Waals surface area (Å²) in [6.45, 7) is 6.69. The number of aliphatic hydroxyl groups is 1. The van der Waals surface area contributed by atoms with Crippen molar-refractivity contribution in [3.8, 4) is 0 Å². The second-order valence-corrected chi connectivity index (χ2v) is 5.59. The molecular weight excluding hydrogens is 252 g/mol. The van der Waals surface area contributed by atoms with Crippen LogP contribution in [0.1, 0.15) is 30.9 Å². The summed E-state index contributed by atoms with van der Waals surface area (Å²) in [5.41, 5.74) is 9.24. The van der Waals surface area contributed by atoms with Crippen LogP contribution in [0.4, 0.5) is 0 Å². The first kappa shape index (κ1) is 14.8. The van der Waals surface area contributed by atoms with E-state index < -0.39 is 0 Å². The molecule has 0 unspecified atom stereocenters. The van der Waals surface area contributed by atoms with Gasteiger partial charge in [0.1, 0.15) is 5.82 Å². The van der Waals surface area contributed by atoms with Gasteiger partial charge in [-0.05, 0) is 37.8 Å². The van der Waals surface area contributed by atoms with Crippen LogP contribution in [0, 0.1) is 12.3 Å². The maximum atomic E-state index is 9.54. The summed E-state index contributed by atoms with van der Waals surface area (Å²) in [5.74, 6) is 0.600. The predicted octanol–water partition coefficient (Wildman–Crippen LogP) is 1.55. The number of aliphatic hydroxyl groups excluding tert-OH is 1. The minimum atomic E-state index is -0.134. The number of piperidine rings is 1. The minimum absolute atomic E-state index is 0.134. The monoisotopic (exact) mass is 276 g/mol. The molecule has 2 rings (SSSR count). The van der Waals surface area contributed by atoms with E-state index in [0.717, 1.165) is 38.0 Å². The number of rotatable bonds is 4. The van der Waals surface area contributed by atoms with Crippen molar-refractivity contribution < 1.29 is 5.11 Å². The summed E-state index contributed by atoms with van der Waals surface area (Å²) in [5, 5.41) is 16.8. The van der Waals surface area contributed by atoms with Gasteiger partial charge in [0.25, 0.3) is 0 Å². The van der Waals surface area contributed by atoms with Crippen molar-refractivity contribution >= 4 is 12.0 Å². The molecule has 0 bridgehead atoms. The van der Waals surface area contributed by atoms with E-state index in [0.29, 0.717) is 5.82 Å². The maximum absolute atomic E-state index is 9.54. The number of nitrogens with one attached hydrogen (secondary N) is 1. The van der Waals surface area contributed by atoms with Gasteiger partial charge in [0.05, 0.1) is 6.10 Å². The summed E-state index contributed by atoms with van der Waals surface area (Å²) >= 11 is 0. The molecule has 0 saturated carbocycles. The van der Waals surface area contributed by atoms with Crippen LogP contribution >= 0.6 is 0 Å². The largest absolute Gasteiger partial charge is 0.393 e. The zero-order valence-corrected chi connectivity index (χ0v) is 12.3. The van der Waals surface area contributed by atoms with Gasteiger partial charge in [-0.15, -0.1) is 0 Å². The fraction of sp³-hybridized carbons (Fsp3) is 0.533. The van der Waals surface area contributed by atoms with Gasteiger partial charge in [-0.1, -0.05) is 0 Å². The molecule has 0 spiro atoms. The van der Waals surface area contributed by atoms with E-state index in [1.807, 2.05) is 23.9 Å². The molecule has 4 N–H and O–H groups in total. The third kappa shape index (κ3) is 3.29. The second-order valence-electron chi connectivity index (χ2n) is 5.59. The van der Waals surface area contributed by atoms with Crippen LogP contribution < -0.4 is 5.73 Å². The summed E-state index contributed by atoms with van der Waals surface area (Å²) in [4.78, 5) is 2.36. The van der Waals surface area contributed by atoms with Gasteiger partial charge in [-0.25, -0.2) is 0 Å². The van der Waals surface area contributed by atoms with Crippen LogP contribution in [-0.4, -0.2) is 40.0 Å². The van der Waals surface area contributed by atoms with E-state index in [1.165, 1.54) is 17.3 Å². The Morgan fingerprint density at radius 2 is 2.10 bits per heavy atom. The van der Waals surface area contributed by atoms with Crippen LogP contribution in [0.3, 0.4) is 0 Å². The number of hydrogen-bond donors (Lipinski definition) is 3. The average Bonchev–Trinajstić information content (AvgIpc) is 2.81. The number of allylic oxidation sites excluding steroid dienone is 1. The maximum Gasteiger partial charge on any atom is 0.111 e. The van der Waals surface area contributed by atoms with Gasteiger partial charge in [-0.2, -0.15) is 0 Å². The summed E-state index contributed by atoms with van der Waals surface area (Å²) in [6, 6.07) is 0. The number of aryl methyl sites for hydroxylation is 1. The molecule has 1 aromatic rings. The SMILES string of the molecule is CC(C=N)=C(N)n1cc(C)c(CN2CCC(O)CC2)c1. The number of nitrogens with two attached hydrogens (primary N) is 1. The molecule has 5 heteroatoms. The molecule has 1 aliphatic rings. The molecule has 5 nitrogen and oxygen atoms in total. The number of likely N-dealkylation sites (tertiary alicyclic amines) is 1. The molecule has 1 aromatic heterocycles. The molecule has 1 saturated heterocycles. The van der Waals surface area contributed by atoms with E-state index >= 15 is 0 Å². The summed E-state index contributed by atoms with van der Waals surface area (Å²) in [6.07, 6.45) is 6.91. The Labute approximate surface area is 120 Å². The summed E-state index contributed by atoms with van der Waals surface area (Å²) in [7, 11) is 0. The molecule has 0 radical (unpaired) electrons. The van der Waals surface area contributed by atoms with Crippen LogP contribution in [0.25, 0.3) is 5.82 Å². The quantitative estimate of drug-likeness (QED) is 0.730. The predicted molar refractivity (Wildman–Crippen MR) is 81.5 cm³/mol. The van der Waals surface area contributed by atoms with Gasteiger partial charge in [-0.3, -0.25) is 4.90 Å². The number of nitrogens with zero attached hydrogens (tertiary/aromatic N) is 2. The highest BCUT2D eigenvalue weighted by atomic mass is 16.3. The lowest BCUT2D eigenvalue weighted by Gasteiger charge is -2.29. The lowest BCUT2D eigenvalue weighted by molar-refractivity contribution is 0.0792. The van der Waals surface area contributed by atoms with Crippen molar-refractivity contribution in [2.75, 3.05) is 13.1 Å². The van der Waals surface area contributed by atoms with Crippen molar-refractivity contribution in [2.24, 2.45) is 5.73 Å². The van der Waals surface area contributed by atoms with Crippen molar-refractivity contribution in [2.45, 2.75) is 39.3 Å². The van der Waals surface area contributed by atoms with E-state index in [-0.39, 0.29) is 6.10 Å². The fourth-order valence-corrected chi connectivity index (χ4v) is 2.50. The first-order valence-corrected chi connectivity index (χ1v) is 7.06. The van der Waals surface area contributed by atoms with Crippen molar-refractivity contribution in [3.05, 3.63) is 29.1 Å². The molecule has 1 fully saturated rings. The number of hydrogen-bond acceptors (Lipinski definition) is 4. The van der Waals surface area contributed by atoms with Gasteiger partial charge >= 0.3 is 0 Å². The standard InChI is InChI=1S/C15H24N4O/c1-11(7-16)15(17)19-8-12(2)13(10-19)9-18-5-3-14(20)4-6-18/h7-8,10,14,16,20H,3-6,9,17H2,1-2H3. The summed E-state index contributed by atoms with van der Waals surface area (Å²) < 4.78 is 1.89. The zero-order chi connectivity index (χ0) is 14.7. The Morgan fingerprint density at radius 1 is 1.45 bits per heavy atom. The molecule has 1 aliphatic heterocycles. The van der Waals surface area contributed by atoms with Crippen molar-refractivity contribution in [1.82, 2.24) is 9.47 Å². The van der Waals surface area contributed by atoms with Crippen LogP contribution in [-0.2, 0) is 6.54 Å². The second kappa shape index (κ2) is 6.24. The molecule has 0 aliphatic carbocycles. The molecule has 2 heterocycles. The Morgan fingerprint density at radius 3 is 2.70 bits per heavy atom. The third-order valence-corrected chi connectivity index (χ3v) is 3.98. The smallest absolute Gasteiger partial charge is 0.111 e. The van der Waals surface area contributed by atoms with Gasteiger partial charge in [0.15, 0.2) is 0 Å². The minimum Gasteiger partial charge on any atom is -0.393 e. The highest BCUT2D eigenvalue weighted by molar-refractivity contribution is 5.82. The van der Waals surface area contributed by atoms with Crippen molar-refractivity contribution in [1.29, 1.82) is 5.41 Å². The molecule has 110 valence electrons. The van der Waals surface area contributed by atoms with E-state index in [4.69, 9.17) is 11.1 Å². The van der Waals surface area contributed by atoms with Gasteiger partial charge < -0.3 is 20.8 Å². The molecule has 0 aromatic carbocycles. The van der Waals surface area contributed by atoms with E-state index in [2.05, 4.69) is 11.8 Å². The van der Waals surface area contributed by atoms with Gasteiger partial charge in [0, 0.05) is 43.8 Å². The highest BCUT2D eigenvalue weighted by Gasteiger charge is 2.18. The number of aromatic nitrogens is 1.